The molecule has 1 saturated heterocycles. The summed E-state index contributed by atoms with van der Waals surface area (Å²) in [5.74, 6) is -0.488. The van der Waals surface area contributed by atoms with Gasteiger partial charge in [-0.3, -0.25) is 15.6 Å². The van der Waals surface area contributed by atoms with Crippen LogP contribution in [0, 0.1) is 5.92 Å². The quantitative estimate of drug-likeness (QED) is 0.498. The van der Waals surface area contributed by atoms with E-state index in [4.69, 9.17) is 12.2 Å². The number of hydrazine groups is 1. The Kier molecular flexibility index (Phi) is 7.24. The van der Waals surface area contributed by atoms with E-state index in [9.17, 15) is 13.2 Å². The van der Waals surface area contributed by atoms with E-state index in [-0.39, 0.29) is 24.1 Å². The number of thiocarbonyl (C=S) groups is 1. The molecule has 2 aliphatic rings. The summed E-state index contributed by atoms with van der Waals surface area (Å²) in [7, 11) is -3.24. The first-order valence-corrected chi connectivity index (χ1v) is 10.8. The van der Waals surface area contributed by atoms with Crippen molar-refractivity contribution in [2.75, 3.05) is 18.8 Å². The predicted molar refractivity (Wildman–Crippen MR) is 97.6 cm³/mol. The second kappa shape index (κ2) is 8.96. The average Bonchev–Trinajstić information content (AvgIpc) is 2.60. The molecule has 0 bridgehead atoms. The van der Waals surface area contributed by atoms with Crippen LogP contribution >= 0.6 is 12.2 Å². The number of sulfonamides is 1. The summed E-state index contributed by atoms with van der Waals surface area (Å²) in [6.07, 6.45) is 7.26. The molecule has 0 radical (unpaired) electrons. The van der Waals surface area contributed by atoms with Crippen LogP contribution < -0.4 is 16.2 Å². The highest BCUT2D eigenvalue weighted by molar-refractivity contribution is 7.89. The van der Waals surface area contributed by atoms with Crippen molar-refractivity contribution >= 4 is 33.3 Å². The molecule has 0 aromatic rings. The molecule has 0 aromatic carbocycles. The lowest BCUT2D eigenvalue weighted by atomic mass is 9.96. The minimum Gasteiger partial charge on any atom is -0.359 e. The fourth-order valence-electron chi connectivity index (χ4n) is 3.28. The molecule has 0 spiro atoms. The molecule has 1 saturated carbocycles. The molecular formula is C15H28N4O3S2. The Hall–Kier alpha value is -0.930. The Balaban J connectivity index is 1.76. The van der Waals surface area contributed by atoms with Gasteiger partial charge in [-0.2, -0.15) is 0 Å². The van der Waals surface area contributed by atoms with E-state index in [1.807, 2.05) is 0 Å². The summed E-state index contributed by atoms with van der Waals surface area (Å²) < 4.78 is 25.3. The lowest BCUT2D eigenvalue weighted by Gasteiger charge is -2.31. The standard InChI is InChI=1S/C15H28N4O3S2/c1-2-24(21,22)19-10-6-7-12(11-19)14(20)17-18-15(23)16-13-8-4-3-5-9-13/h12-13H,2-11H2,1H3,(H,17,20)(H2,16,18,23)/t12-/m1/s1. The summed E-state index contributed by atoms with van der Waals surface area (Å²) in [4.78, 5) is 12.3. The minimum absolute atomic E-state index is 0.0645. The fourth-order valence-corrected chi connectivity index (χ4v) is 4.68. The third-order valence-corrected chi connectivity index (χ3v) is 6.82. The number of carbonyl (C=O) groups is 1. The number of hydrogen-bond acceptors (Lipinski definition) is 4. The summed E-state index contributed by atoms with van der Waals surface area (Å²) in [6.45, 7) is 2.36. The van der Waals surface area contributed by atoms with Gasteiger partial charge in [0.05, 0.1) is 11.7 Å². The highest BCUT2D eigenvalue weighted by Gasteiger charge is 2.31. The first-order chi connectivity index (χ1) is 11.4. The van der Waals surface area contributed by atoms with E-state index in [1.165, 1.54) is 23.6 Å². The van der Waals surface area contributed by atoms with Gasteiger partial charge in [-0.1, -0.05) is 19.3 Å². The molecule has 9 heteroatoms. The van der Waals surface area contributed by atoms with Gasteiger partial charge in [0.15, 0.2) is 5.11 Å². The van der Waals surface area contributed by atoms with Gasteiger partial charge in [-0.05, 0) is 44.8 Å². The number of piperidine rings is 1. The van der Waals surface area contributed by atoms with Crippen molar-refractivity contribution < 1.29 is 13.2 Å². The molecular weight excluding hydrogens is 348 g/mol. The van der Waals surface area contributed by atoms with E-state index in [0.29, 0.717) is 30.5 Å². The third-order valence-electron chi connectivity index (χ3n) is 4.75. The van der Waals surface area contributed by atoms with Crippen molar-refractivity contribution in [2.24, 2.45) is 5.92 Å². The molecule has 1 aliphatic heterocycles. The van der Waals surface area contributed by atoms with Crippen LogP contribution in [0.3, 0.4) is 0 Å². The number of carbonyl (C=O) groups excluding carboxylic acids is 1. The molecule has 3 N–H and O–H groups in total. The van der Waals surface area contributed by atoms with Crippen molar-refractivity contribution in [1.82, 2.24) is 20.5 Å². The second-order valence-electron chi connectivity index (χ2n) is 6.52. The maximum Gasteiger partial charge on any atom is 0.242 e. The monoisotopic (exact) mass is 376 g/mol. The van der Waals surface area contributed by atoms with Crippen molar-refractivity contribution in [1.29, 1.82) is 0 Å². The predicted octanol–water partition coefficient (Wildman–Crippen LogP) is 0.876. The Bertz CT molecular complexity index is 547. The van der Waals surface area contributed by atoms with Crippen molar-refractivity contribution in [3.05, 3.63) is 0 Å². The summed E-state index contributed by atoms with van der Waals surface area (Å²) in [6, 6.07) is 0.371. The number of rotatable bonds is 4. The van der Waals surface area contributed by atoms with Gasteiger partial charge in [-0.25, -0.2) is 12.7 Å². The highest BCUT2D eigenvalue weighted by atomic mass is 32.2. The maximum atomic E-state index is 12.3. The average molecular weight is 377 g/mol. The summed E-state index contributed by atoms with van der Waals surface area (Å²) in [5.41, 5.74) is 5.37. The molecule has 0 unspecified atom stereocenters. The van der Waals surface area contributed by atoms with Gasteiger partial charge in [0.25, 0.3) is 0 Å². The van der Waals surface area contributed by atoms with E-state index >= 15 is 0 Å². The molecule has 24 heavy (non-hydrogen) atoms. The van der Waals surface area contributed by atoms with E-state index in [1.54, 1.807) is 6.92 Å². The zero-order valence-electron chi connectivity index (χ0n) is 14.2. The van der Waals surface area contributed by atoms with Gasteiger partial charge in [0.1, 0.15) is 0 Å². The van der Waals surface area contributed by atoms with E-state index in [0.717, 1.165) is 12.8 Å². The Morgan fingerprint density at radius 2 is 1.83 bits per heavy atom. The smallest absolute Gasteiger partial charge is 0.242 e. The molecule has 2 rings (SSSR count). The van der Waals surface area contributed by atoms with Crippen LogP contribution in [-0.2, 0) is 14.8 Å². The van der Waals surface area contributed by atoms with Crippen LogP contribution in [0.5, 0.6) is 0 Å². The molecule has 1 aliphatic carbocycles. The van der Waals surface area contributed by atoms with Gasteiger partial charge < -0.3 is 5.32 Å². The van der Waals surface area contributed by atoms with Crippen LogP contribution in [0.4, 0.5) is 0 Å². The van der Waals surface area contributed by atoms with Crippen LogP contribution in [0.1, 0.15) is 51.9 Å². The zero-order valence-corrected chi connectivity index (χ0v) is 15.8. The summed E-state index contributed by atoms with van der Waals surface area (Å²) >= 11 is 5.21. The van der Waals surface area contributed by atoms with Crippen LogP contribution in [0.15, 0.2) is 0 Å². The van der Waals surface area contributed by atoms with Gasteiger partial charge in [0.2, 0.25) is 15.9 Å². The van der Waals surface area contributed by atoms with Crippen LogP contribution in [0.2, 0.25) is 0 Å². The number of amides is 1. The molecule has 2 fully saturated rings. The lowest BCUT2D eigenvalue weighted by molar-refractivity contribution is -0.126. The van der Waals surface area contributed by atoms with Crippen LogP contribution in [0.25, 0.3) is 0 Å². The van der Waals surface area contributed by atoms with Crippen molar-refractivity contribution in [3.8, 4) is 0 Å². The molecule has 7 nitrogen and oxygen atoms in total. The largest absolute Gasteiger partial charge is 0.359 e. The first kappa shape index (κ1) is 19.4. The van der Waals surface area contributed by atoms with Crippen molar-refractivity contribution in [3.63, 3.8) is 0 Å². The first-order valence-electron chi connectivity index (χ1n) is 8.76. The van der Waals surface area contributed by atoms with E-state index < -0.39 is 10.0 Å². The zero-order chi connectivity index (χ0) is 17.6. The molecule has 0 aromatic heterocycles. The molecule has 1 amide bonds. The summed E-state index contributed by atoms with van der Waals surface area (Å²) in [5, 5.41) is 3.64. The van der Waals surface area contributed by atoms with Gasteiger partial charge >= 0.3 is 0 Å². The SMILES string of the molecule is CCS(=O)(=O)N1CCC[C@@H](C(=O)NNC(=S)NC2CCCCC2)C1. The number of nitrogens with one attached hydrogen (secondary N) is 3. The maximum absolute atomic E-state index is 12.3. The second-order valence-corrected chi connectivity index (χ2v) is 9.19. The Morgan fingerprint density at radius 1 is 1.12 bits per heavy atom. The van der Waals surface area contributed by atoms with Crippen LogP contribution in [-0.4, -0.2) is 48.6 Å². The topological polar surface area (TPSA) is 90.5 Å². The number of hydrogen-bond donors (Lipinski definition) is 3. The third kappa shape index (κ3) is 5.56. The Morgan fingerprint density at radius 3 is 2.50 bits per heavy atom. The van der Waals surface area contributed by atoms with E-state index in [2.05, 4.69) is 16.2 Å². The molecule has 138 valence electrons. The van der Waals surface area contributed by atoms with Gasteiger partial charge in [-0.15, -0.1) is 0 Å². The van der Waals surface area contributed by atoms with Gasteiger partial charge in [0, 0.05) is 19.1 Å². The highest BCUT2D eigenvalue weighted by Crippen LogP contribution is 2.19. The van der Waals surface area contributed by atoms with Crippen molar-refractivity contribution in [2.45, 2.75) is 57.9 Å². The minimum atomic E-state index is -3.24. The Labute approximate surface area is 149 Å². The fraction of sp³-hybridized carbons (Fsp3) is 0.867. The molecule has 1 heterocycles. The molecule has 1 atom stereocenters. The normalized spacial score (nSPS) is 23.5. The lowest BCUT2D eigenvalue weighted by Crippen LogP contribution is -2.53. The number of nitrogens with zero attached hydrogens (tertiary/aromatic N) is 1.